The molecule has 8 heteroatoms. The molecule has 4 rings (SSSR count). The summed E-state index contributed by atoms with van der Waals surface area (Å²) in [4.78, 5) is 4.71. The molecule has 152 valence electrons. The third kappa shape index (κ3) is 3.58. The van der Waals surface area contributed by atoms with Gasteiger partial charge in [0, 0.05) is 12.1 Å². The van der Waals surface area contributed by atoms with E-state index in [-0.39, 0.29) is 11.7 Å². The molecular weight excluding hydrogens is 393 g/mol. The van der Waals surface area contributed by atoms with Crippen molar-refractivity contribution >= 4 is 10.0 Å². The van der Waals surface area contributed by atoms with E-state index in [1.807, 2.05) is 26.8 Å². The van der Waals surface area contributed by atoms with Crippen molar-refractivity contribution in [3.8, 4) is 11.4 Å². The Bertz CT molecular complexity index is 1160. The van der Waals surface area contributed by atoms with Gasteiger partial charge in [-0.2, -0.15) is 9.29 Å². The fraction of sp³-hybridized carbons (Fsp3) is 0.333. The average Bonchev–Trinajstić information content (AvgIpc) is 3.34. The van der Waals surface area contributed by atoms with Gasteiger partial charge in [0.15, 0.2) is 0 Å². The summed E-state index contributed by atoms with van der Waals surface area (Å²) in [6.07, 6.45) is 1.32. The number of aryl methyl sites for hydroxylation is 3. The molecule has 1 atom stereocenters. The van der Waals surface area contributed by atoms with Gasteiger partial charge >= 0.3 is 0 Å². The third-order valence-corrected chi connectivity index (χ3v) is 7.46. The molecule has 6 nitrogen and oxygen atoms in total. The SMILES string of the molecule is Cc1cc(C)c(S(=O)(=O)N2CCC[C@H]2c2nc(-c3ccc(F)cc3)no2)cc1C. The lowest BCUT2D eigenvalue weighted by atomic mass is 10.1. The highest BCUT2D eigenvalue weighted by molar-refractivity contribution is 7.89. The second-order valence-corrected chi connectivity index (χ2v) is 9.30. The summed E-state index contributed by atoms with van der Waals surface area (Å²) in [5.74, 6) is 0.216. The van der Waals surface area contributed by atoms with E-state index < -0.39 is 16.1 Å². The molecule has 0 unspecified atom stereocenters. The zero-order valence-electron chi connectivity index (χ0n) is 16.5. The third-order valence-electron chi connectivity index (χ3n) is 5.41. The number of nitrogens with zero attached hydrogens (tertiary/aromatic N) is 3. The summed E-state index contributed by atoms with van der Waals surface area (Å²) in [7, 11) is -3.71. The fourth-order valence-corrected chi connectivity index (χ4v) is 5.64. The van der Waals surface area contributed by atoms with Crippen molar-refractivity contribution in [1.29, 1.82) is 0 Å². The first kappa shape index (κ1) is 19.7. The van der Waals surface area contributed by atoms with Crippen molar-refractivity contribution in [3.05, 3.63) is 64.8 Å². The number of sulfonamides is 1. The van der Waals surface area contributed by atoms with Crippen LogP contribution in [0.25, 0.3) is 11.4 Å². The molecule has 0 N–H and O–H groups in total. The minimum absolute atomic E-state index is 0.256. The number of aromatic nitrogens is 2. The molecule has 2 aromatic carbocycles. The molecule has 2 heterocycles. The van der Waals surface area contributed by atoms with E-state index in [1.165, 1.54) is 16.4 Å². The van der Waals surface area contributed by atoms with Crippen LogP contribution in [0, 0.1) is 26.6 Å². The molecule has 1 aliphatic rings. The molecule has 3 aromatic rings. The number of benzene rings is 2. The van der Waals surface area contributed by atoms with Crippen LogP contribution in [0.15, 0.2) is 45.8 Å². The predicted octanol–water partition coefficient (Wildman–Crippen LogP) is 4.33. The molecule has 0 saturated carbocycles. The second-order valence-electron chi connectivity index (χ2n) is 7.44. The van der Waals surface area contributed by atoms with Gasteiger partial charge < -0.3 is 4.52 Å². The molecule has 0 bridgehead atoms. The lowest BCUT2D eigenvalue weighted by Gasteiger charge is -2.23. The summed E-state index contributed by atoms with van der Waals surface area (Å²) in [5, 5.41) is 3.96. The van der Waals surface area contributed by atoms with E-state index in [0.717, 1.165) is 16.7 Å². The second kappa shape index (κ2) is 7.35. The van der Waals surface area contributed by atoms with Crippen LogP contribution >= 0.6 is 0 Å². The number of hydrogen-bond acceptors (Lipinski definition) is 5. The predicted molar refractivity (Wildman–Crippen MR) is 106 cm³/mol. The summed E-state index contributed by atoms with van der Waals surface area (Å²) in [6.45, 7) is 6.08. The van der Waals surface area contributed by atoms with Crippen molar-refractivity contribution in [1.82, 2.24) is 14.4 Å². The van der Waals surface area contributed by atoms with Crippen LogP contribution in [0.1, 0.15) is 41.5 Å². The Labute approximate surface area is 169 Å². The molecule has 1 saturated heterocycles. The van der Waals surface area contributed by atoms with Crippen LogP contribution in [0.4, 0.5) is 4.39 Å². The van der Waals surface area contributed by atoms with Gasteiger partial charge in [0.25, 0.3) is 0 Å². The number of halogens is 1. The minimum atomic E-state index is -3.71. The standard InChI is InChI=1S/C21H22FN3O3S/c1-13-11-15(3)19(12-14(13)2)29(26,27)25-10-4-5-18(25)21-23-20(24-28-21)16-6-8-17(22)9-7-16/h6-9,11-12,18H,4-5,10H2,1-3H3/t18-/m0/s1. The Balaban J connectivity index is 1.68. The highest BCUT2D eigenvalue weighted by atomic mass is 32.2. The number of hydrogen-bond donors (Lipinski definition) is 0. The highest BCUT2D eigenvalue weighted by Gasteiger charge is 2.40. The maximum absolute atomic E-state index is 13.4. The Hall–Kier alpha value is -2.58. The molecule has 1 aromatic heterocycles. The van der Waals surface area contributed by atoms with Crippen LogP contribution < -0.4 is 0 Å². The topological polar surface area (TPSA) is 76.3 Å². The first-order chi connectivity index (χ1) is 13.8. The summed E-state index contributed by atoms with van der Waals surface area (Å²) in [6, 6.07) is 8.87. The quantitative estimate of drug-likeness (QED) is 0.634. The van der Waals surface area contributed by atoms with Crippen LogP contribution in [-0.4, -0.2) is 29.4 Å². The zero-order chi connectivity index (χ0) is 20.8. The van der Waals surface area contributed by atoms with Gasteiger partial charge in [-0.3, -0.25) is 0 Å². The largest absolute Gasteiger partial charge is 0.337 e. The zero-order valence-corrected chi connectivity index (χ0v) is 17.3. The van der Waals surface area contributed by atoms with Gasteiger partial charge in [-0.05, 0) is 80.6 Å². The highest BCUT2D eigenvalue weighted by Crippen LogP contribution is 2.37. The van der Waals surface area contributed by atoms with E-state index in [0.29, 0.717) is 35.7 Å². The van der Waals surface area contributed by atoms with Crippen molar-refractivity contribution in [3.63, 3.8) is 0 Å². The smallest absolute Gasteiger partial charge is 0.245 e. The fourth-order valence-electron chi connectivity index (χ4n) is 3.70. The lowest BCUT2D eigenvalue weighted by molar-refractivity contribution is 0.290. The summed E-state index contributed by atoms with van der Waals surface area (Å²) >= 11 is 0. The van der Waals surface area contributed by atoms with E-state index in [4.69, 9.17) is 4.52 Å². The van der Waals surface area contributed by atoms with Gasteiger partial charge in [-0.15, -0.1) is 0 Å². The minimum Gasteiger partial charge on any atom is -0.337 e. The van der Waals surface area contributed by atoms with Crippen molar-refractivity contribution in [2.75, 3.05) is 6.54 Å². The van der Waals surface area contributed by atoms with Gasteiger partial charge in [0.1, 0.15) is 11.9 Å². The van der Waals surface area contributed by atoms with E-state index >= 15 is 0 Å². The first-order valence-corrected chi connectivity index (χ1v) is 10.9. The maximum Gasteiger partial charge on any atom is 0.245 e. The van der Waals surface area contributed by atoms with Crippen molar-refractivity contribution in [2.24, 2.45) is 0 Å². The number of rotatable bonds is 4. The van der Waals surface area contributed by atoms with Crippen LogP contribution in [0.3, 0.4) is 0 Å². The molecule has 0 spiro atoms. The van der Waals surface area contributed by atoms with Crippen LogP contribution in [0.2, 0.25) is 0 Å². The van der Waals surface area contributed by atoms with E-state index in [9.17, 15) is 12.8 Å². The van der Waals surface area contributed by atoms with Gasteiger partial charge in [-0.1, -0.05) is 11.2 Å². The van der Waals surface area contributed by atoms with Gasteiger partial charge in [-0.25, -0.2) is 12.8 Å². The Kier molecular flexibility index (Phi) is 5.00. The summed E-state index contributed by atoms with van der Waals surface area (Å²) < 4.78 is 46.8. The Morgan fingerprint density at radius 3 is 2.48 bits per heavy atom. The van der Waals surface area contributed by atoms with Crippen LogP contribution in [-0.2, 0) is 10.0 Å². The Morgan fingerprint density at radius 1 is 1.07 bits per heavy atom. The molecule has 0 aliphatic carbocycles. The van der Waals surface area contributed by atoms with Crippen molar-refractivity contribution < 1.29 is 17.3 Å². The molecule has 1 aliphatic heterocycles. The average molecular weight is 415 g/mol. The molecule has 1 fully saturated rings. The van der Waals surface area contributed by atoms with E-state index in [1.54, 1.807) is 18.2 Å². The molecular formula is C21H22FN3O3S. The first-order valence-electron chi connectivity index (χ1n) is 9.46. The molecule has 0 amide bonds. The Morgan fingerprint density at radius 2 is 1.76 bits per heavy atom. The van der Waals surface area contributed by atoms with Crippen LogP contribution in [0.5, 0.6) is 0 Å². The lowest BCUT2D eigenvalue weighted by Crippen LogP contribution is -2.31. The van der Waals surface area contributed by atoms with Gasteiger partial charge in [0.2, 0.25) is 21.7 Å². The van der Waals surface area contributed by atoms with Crippen molar-refractivity contribution in [2.45, 2.75) is 44.6 Å². The normalized spacial score (nSPS) is 17.7. The summed E-state index contributed by atoms with van der Waals surface area (Å²) in [5.41, 5.74) is 3.32. The monoisotopic (exact) mass is 415 g/mol. The van der Waals surface area contributed by atoms with E-state index in [2.05, 4.69) is 10.1 Å². The van der Waals surface area contributed by atoms with Gasteiger partial charge in [0.05, 0.1) is 4.90 Å². The maximum atomic E-state index is 13.4. The molecule has 29 heavy (non-hydrogen) atoms. The molecule has 0 radical (unpaired) electrons.